The highest BCUT2D eigenvalue weighted by Gasteiger charge is 2.29. The van der Waals surface area contributed by atoms with Crippen LogP contribution in [0.3, 0.4) is 0 Å². The Bertz CT molecular complexity index is 595. The Morgan fingerprint density at radius 3 is 2.40 bits per heavy atom. The molecule has 1 aromatic heterocycles. The molecular weight excluding hydrogens is 306 g/mol. The summed E-state index contributed by atoms with van der Waals surface area (Å²) in [5.41, 5.74) is 5.78. The van der Waals surface area contributed by atoms with Crippen LogP contribution in [0.5, 0.6) is 0 Å². The molecule has 3 nitrogen and oxygen atoms in total. The molecule has 1 aromatic rings. The quantitative estimate of drug-likeness (QED) is 0.677. The molecule has 1 heterocycles. The van der Waals surface area contributed by atoms with Gasteiger partial charge in [-0.2, -0.15) is 0 Å². The first kappa shape index (κ1) is 19.9. The maximum absolute atomic E-state index is 4.63. The van der Waals surface area contributed by atoms with Gasteiger partial charge >= 0.3 is 0 Å². The smallest absolute Gasteiger partial charge is 0.137 e. The van der Waals surface area contributed by atoms with E-state index < -0.39 is 0 Å². The highest BCUT2D eigenvalue weighted by atomic mass is 15.0. The summed E-state index contributed by atoms with van der Waals surface area (Å²) in [4.78, 5) is 9.14. The first-order valence-electron chi connectivity index (χ1n) is 10.2. The van der Waals surface area contributed by atoms with Gasteiger partial charge in [0, 0.05) is 11.6 Å². The minimum absolute atomic E-state index is 0.374. The first-order chi connectivity index (χ1) is 12.0. The molecule has 0 unspecified atom stereocenters. The van der Waals surface area contributed by atoms with Crippen LogP contribution in [0.25, 0.3) is 5.57 Å². The van der Waals surface area contributed by atoms with E-state index in [4.69, 9.17) is 0 Å². The molecule has 0 atom stereocenters. The zero-order valence-electron chi connectivity index (χ0n) is 17.2. The average Bonchev–Trinajstić information content (AvgIpc) is 2.60. The van der Waals surface area contributed by atoms with Crippen LogP contribution in [0.1, 0.15) is 97.2 Å². The van der Waals surface area contributed by atoms with Crippen LogP contribution in [0.4, 0.5) is 5.82 Å². The molecular formula is C22H37N3. The van der Waals surface area contributed by atoms with Crippen molar-refractivity contribution in [3.63, 3.8) is 0 Å². The van der Waals surface area contributed by atoms with Gasteiger partial charge in [0.2, 0.25) is 0 Å². The molecule has 140 valence electrons. The summed E-state index contributed by atoms with van der Waals surface area (Å²) in [6.07, 6.45) is 11.9. The van der Waals surface area contributed by atoms with E-state index in [-0.39, 0.29) is 0 Å². The molecule has 0 saturated heterocycles. The maximum atomic E-state index is 4.63. The van der Waals surface area contributed by atoms with E-state index >= 15 is 0 Å². The lowest BCUT2D eigenvalue weighted by molar-refractivity contribution is 0.332. The standard InChI is InChI=1S/C20H31N3.C2H6/c1-14-10-11-20(3,4)12-17(14)18-15(2)21-13-22-19(18)23-16-8-6-5-7-9-16;1-2/h13,16H,5-12H2,1-4H3,(H,21,22,23);1-2H3. The topological polar surface area (TPSA) is 37.8 Å². The van der Waals surface area contributed by atoms with Gasteiger partial charge in [0.25, 0.3) is 0 Å². The van der Waals surface area contributed by atoms with E-state index in [1.54, 1.807) is 6.33 Å². The number of hydrogen-bond acceptors (Lipinski definition) is 3. The molecule has 3 rings (SSSR count). The predicted octanol–water partition coefficient (Wildman–Crippen LogP) is 6.54. The van der Waals surface area contributed by atoms with Crippen molar-refractivity contribution in [1.82, 2.24) is 9.97 Å². The third kappa shape index (κ3) is 5.05. The molecule has 1 saturated carbocycles. The van der Waals surface area contributed by atoms with Gasteiger partial charge in [0.05, 0.1) is 5.69 Å². The molecule has 0 spiro atoms. The number of nitrogens with one attached hydrogen (secondary N) is 1. The Balaban J connectivity index is 0.00000109. The van der Waals surface area contributed by atoms with Crippen LogP contribution in [0, 0.1) is 12.3 Å². The van der Waals surface area contributed by atoms with Gasteiger partial charge < -0.3 is 5.32 Å². The number of hydrogen-bond donors (Lipinski definition) is 1. The number of rotatable bonds is 3. The molecule has 3 heteroatoms. The third-order valence-corrected chi connectivity index (χ3v) is 5.63. The Hall–Kier alpha value is -1.38. The Morgan fingerprint density at radius 1 is 1.04 bits per heavy atom. The molecule has 0 aromatic carbocycles. The Morgan fingerprint density at radius 2 is 1.72 bits per heavy atom. The van der Waals surface area contributed by atoms with Gasteiger partial charge in [-0.1, -0.05) is 52.5 Å². The van der Waals surface area contributed by atoms with Crippen molar-refractivity contribution in [2.24, 2.45) is 5.41 Å². The van der Waals surface area contributed by atoms with Crippen LogP contribution >= 0.6 is 0 Å². The molecule has 0 aliphatic heterocycles. The summed E-state index contributed by atoms with van der Waals surface area (Å²) in [5, 5.41) is 3.75. The molecule has 1 fully saturated rings. The van der Waals surface area contributed by atoms with E-state index in [1.807, 2.05) is 13.8 Å². The third-order valence-electron chi connectivity index (χ3n) is 5.63. The van der Waals surface area contributed by atoms with E-state index in [0.29, 0.717) is 11.5 Å². The predicted molar refractivity (Wildman–Crippen MR) is 109 cm³/mol. The first-order valence-corrected chi connectivity index (χ1v) is 10.2. The van der Waals surface area contributed by atoms with E-state index in [9.17, 15) is 0 Å². The number of nitrogens with zero attached hydrogens (tertiary/aromatic N) is 2. The SMILES string of the molecule is CC.CC1=C(c2c(C)ncnc2NC2CCCCC2)CC(C)(C)CC1. The van der Waals surface area contributed by atoms with Crippen molar-refractivity contribution < 1.29 is 0 Å². The zero-order chi connectivity index (χ0) is 18.4. The number of aromatic nitrogens is 2. The van der Waals surface area contributed by atoms with E-state index in [1.165, 1.54) is 61.7 Å². The molecule has 1 N–H and O–H groups in total. The van der Waals surface area contributed by atoms with Crippen molar-refractivity contribution in [2.75, 3.05) is 5.32 Å². The Kier molecular flexibility index (Phi) is 7.04. The molecule has 2 aliphatic carbocycles. The largest absolute Gasteiger partial charge is 0.367 e. The highest BCUT2D eigenvalue weighted by molar-refractivity contribution is 5.78. The zero-order valence-corrected chi connectivity index (χ0v) is 17.2. The normalized spacial score (nSPS) is 20.7. The second-order valence-electron chi connectivity index (χ2n) is 8.26. The average molecular weight is 344 g/mol. The Labute approximate surface area is 154 Å². The fraction of sp³-hybridized carbons (Fsp3) is 0.727. The van der Waals surface area contributed by atoms with Crippen molar-refractivity contribution >= 4 is 11.4 Å². The minimum atomic E-state index is 0.374. The van der Waals surface area contributed by atoms with Crippen molar-refractivity contribution in [2.45, 2.75) is 99.0 Å². The van der Waals surface area contributed by atoms with Crippen molar-refractivity contribution in [1.29, 1.82) is 0 Å². The van der Waals surface area contributed by atoms with Crippen LogP contribution in [-0.2, 0) is 0 Å². The lowest BCUT2D eigenvalue weighted by atomic mass is 9.72. The summed E-state index contributed by atoms with van der Waals surface area (Å²) in [6, 6.07) is 0.578. The van der Waals surface area contributed by atoms with Gasteiger partial charge in [-0.25, -0.2) is 9.97 Å². The molecule has 25 heavy (non-hydrogen) atoms. The fourth-order valence-corrected chi connectivity index (χ4v) is 4.08. The van der Waals surface area contributed by atoms with Gasteiger partial charge in [0.15, 0.2) is 0 Å². The van der Waals surface area contributed by atoms with E-state index in [0.717, 1.165) is 17.9 Å². The van der Waals surface area contributed by atoms with Gasteiger partial charge in [-0.05, 0) is 56.9 Å². The van der Waals surface area contributed by atoms with Crippen LogP contribution in [0.15, 0.2) is 11.9 Å². The second kappa shape index (κ2) is 8.82. The molecule has 0 radical (unpaired) electrons. The fourth-order valence-electron chi connectivity index (χ4n) is 4.08. The monoisotopic (exact) mass is 343 g/mol. The van der Waals surface area contributed by atoms with Crippen LogP contribution in [0.2, 0.25) is 0 Å². The van der Waals surface area contributed by atoms with E-state index in [2.05, 4.69) is 43.0 Å². The summed E-state index contributed by atoms with van der Waals surface area (Å²) in [7, 11) is 0. The summed E-state index contributed by atoms with van der Waals surface area (Å²) < 4.78 is 0. The van der Waals surface area contributed by atoms with Gasteiger partial charge in [0.1, 0.15) is 12.1 Å². The van der Waals surface area contributed by atoms with Crippen molar-refractivity contribution in [3.05, 3.63) is 23.2 Å². The summed E-state index contributed by atoms with van der Waals surface area (Å²) in [5.74, 6) is 1.07. The summed E-state index contributed by atoms with van der Waals surface area (Å²) >= 11 is 0. The van der Waals surface area contributed by atoms with Crippen molar-refractivity contribution in [3.8, 4) is 0 Å². The van der Waals surface area contributed by atoms with Gasteiger partial charge in [-0.15, -0.1) is 0 Å². The summed E-state index contributed by atoms with van der Waals surface area (Å²) in [6.45, 7) is 13.2. The van der Waals surface area contributed by atoms with Crippen LogP contribution in [-0.4, -0.2) is 16.0 Å². The number of aryl methyl sites for hydroxylation is 1. The second-order valence-corrected chi connectivity index (χ2v) is 8.26. The lowest BCUT2D eigenvalue weighted by Crippen LogP contribution is -2.25. The molecule has 2 aliphatic rings. The number of allylic oxidation sites excluding steroid dienone is 2. The number of anilines is 1. The van der Waals surface area contributed by atoms with Gasteiger partial charge in [-0.3, -0.25) is 0 Å². The maximum Gasteiger partial charge on any atom is 0.137 e. The highest BCUT2D eigenvalue weighted by Crippen LogP contribution is 2.44. The molecule has 0 bridgehead atoms. The molecule has 0 amide bonds. The minimum Gasteiger partial charge on any atom is -0.367 e. The lowest BCUT2D eigenvalue weighted by Gasteiger charge is -2.34. The van der Waals surface area contributed by atoms with Crippen LogP contribution < -0.4 is 5.32 Å².